The van der Waals surface area contributed by atoms with E-state index in [-0.39, 0.29) is 10.6 Å². The molecule has 0 bridgehead atoms. The fourth-order valence-electron chi connectivity index (χ4n) is 2.52. The highest BCUT2D eigenvalue weighted by atomic mass is 32.2. The molecule has 3 aromatic rings. The SMILES string of the molecule is COc1ccc(-c2nnc(SCc3cccc([N+](=O)[O-])c3C)o2)cc1OC. The van der Waals surface area contributed by atoms with Crippen LogP contribution in [0, 0.1) is 17.0 Å². The molecule has 0 saturated carbocycles. The second kappa shape index (κ2) is 8.09. The van der Waals surface area contributed by atoms with Gasteiger partial charge in [-0.2, -0.15) is 0 Å². The van der Waals surface area contributed by atoms with E-state index in [4.69, 9.17) is 13.9 Å². The Labute approximate surface area is 159 Å². The van der Waals surface area contributed by atoms with Crippen molar-refractivity contribution in [1.29, 1.82) is 0 Å². The highest BCUT2D eigenvalue weighted by Crippen LogP contribution is 2.33. The number of methoxy groups -OCH3 is 2. The van der Waals surface area contributed by atoms with Crippen LogP contribution >= 0.6 is 11.8 Å². The number of hydrogen-bond donors (Lipinski definition) is 0. The largest absolute Gasteiger partial charge is 0.493 e. The first-order valence-electron chi connectivity index (χ1n) is 7.95. The molecule has 3 rings (SSSR count). The summed E-state index contributed by atoms with van der Waals surface area (Å²) in [6.07, 6.45) is 0. The summed E-state index contributed by atoms with van der Waals surface area (Å²) in [6, 6.07) is 10.3. The van der Waals surface area contributed by atoms with Crippen LogP contribution in [-0.2, 0) is 5.75 Å². The Morgan fingerprint density at radius 2 is 1.93 bits per heavy atom. The number of nitro groups is 1. The van der Waals surface area contributed by atoms with Crippen LogP contribution in [0.25, 0.3) is 11.5 Å². The molecule has 0 fully saturated rings. The maximum absolute atomic E-state index is 11.0. The van der Waals surface area contributed by atoms with Crippen LogP contribution in [0.5, 0.6) is 11.5 Å². The Morgan fingerprint density at radius 3 is 2.63 bits per heavy atom. The van der Waals surface area contributed by atoms with Gasteiger partial charge in [-0.3, -0.25) is 10.1 Å². The van der Waals surface area contributed by atoms with Gasteiger partial charge in [-0.15, -0.1) is 10.2 Å². The van der Waals surface area contributed by atoms with Gasteiger partial charge in [0.05, 0.1) is 19.1 Å². The molecule has 0 radical (unpaired) electrons. The van der Waals surface area contributed by atoms with Gasteiger partial charge in [-0.05, 0) is 30.7 Å². The van der Waals surface area contributed by atoms with Crippen molar-refractivity contribution < 1.29 is 18.8 Å². The van der Waals surface area contributed by atoms with E-state index in [2.05, 4.69) is 10.2 Å². The van der Waals surface area contributed by atoms with Crippen molar-refractivity contribution in [1.82, 2.24) is 10.2 Å². The third-order valence-corrected chi connectivity index (χ3v) is 4.87. The van der Waals surface area contributed by atoms with Gasteiger partial charge in [0.1, 0.15) is 0 Å². The molecule has 8 nitrogen and oxygen atoms in total. The van der Waals surface area contributed by atoms with E-state index in [0.717, 1.165) is 5.56 Å². The molecule has 0 amide bonds. The van der Waals surface area contributed by atoms with Crippen LogP contribution in [0.1, 0.15) is 11.1 Å². The molecule has 9 heteroatoms. The van der Waals surface area contributed by atoms with Gasteiger partial charge in [-0.1, -0.05) is 23.9 Å². The first-order chi connectivity index (χ1) is 13.0. The number of thioether (sulfide) groups is 1. The van der Waals surface area contributed by atoms with Crippen LogP contribution in [0.4, 0.5) is 5.69 Å². The summed E-state index contributed by atoms with van der Waals surface area (Å²) in [6.45, 7) is 1.73. The zero-order valence-electron chi connectivity index (χ0n) is 15.0. The van der Waals surface area contributed by atoms with Gasteiger partial charge in [-0.25, -0.2) is 0 Å². The summed E-state index contributed by atoms with van der Waals surface area (Å²) in [4.78, 5) is 10.7. The Bertz CT molecular complexity index is 973. The summed E-state index contributed by atoms with van der Waals surface area (Å²) < 4.78 is 16.2. The summed E-state index contributed by atoms with van der Waals surface area (Å²) in [7, 11) is 3.12. The molecular formula is C18H17N3O5S. The number of hydrogen-bond acceptors (Lipinski definition) is 8. The molecule has 2 aromatic carbocycles. The number of nitro benzene ring substituents is 1. The summed E-state index contributed by atoms with van der Waals surface area (Å²) in [5.74, 6) is 2.02. The van der Waals surface area contributed by atoms with Crippen LogP contribution in [0.2, 0.25) is 0 Å². The normalized spacial score (nSPS) is 10.6. The molecule has 0 N–H and O–H groups in total. The minimum atomic E-state index is -0.384. The lowest BCUT2D eigenvalue weighted by Gasteiger charge is -2.07. The van der Waals surface area contributed by atoms with E-state index in [0.29, 0.717) is 39.5 Å². The third-order valence-electron chi connectivity index (χ3n) is 4.00. The minimum Gasteiger partial charge on any atom is -0.493 e. The van der Waals surface area contributed by atoms with Crippen molar-refractivity contribution >= 4 is 17.4 Å². The first-order valence-corrected chi connectivity index (χ1v) is 8.93. The molecule has 0 spiro atoms. The number of nitrogens with zero attached hydrogens (tertiary/aromatic N) is 3. The topological polar surface area (TPSA) is 101 Å². The van der Waals surface area contributed by atoms with E-state index in [1.54, 1.807) is 45.4 Å². The quantitative estimate of drug-likeness (QED) is 0.337. The molecule has 0 saturated heterocycles. The van der Waals surface area contributed by atoms with E-state index >= 15 is 0 Å². The molecule has 0 aliphatic heterocycles. The number of aromatic nitrogens is 2. The standard InChI is InChI=1S/C18H17N3O5S/c1-11-13(5-4-6-14(11)21(22)23)10-27-18-20-19-17(26-18)12-7-8-15(24-2)16(9-12)25-3/h4-9H,10H2,1-3H3. The molecule has 0 aliphatic carbocycles. The molecule has 0 aliphatic rings. The predicted octanol–water partition coefficient (Wildman–Crippen LogP) is 4.26. The highest BCUT2D eigenvalue weighted by Gasteiger charge is 2.16. The van der Waals surface area contributed by atoms with Crippen LogP contribution in [0.3, 0.4) is 0 Å². The molecule has 1 heterocycles. The van der Waals surface area contributed by atoms with Crippen molar-refractivity contribution in [3.63, 3.8) is 0 Å². The number of rotatable bonds is 7. The Kier molecular flexibility index (Phi) is 5.60. The van der Waals surface area contributed by atoms with E-state index in [9.17, 15) is 10.1 Å². The van der Waals surface area contributed by atoms with Gasteiger partial charge in [0.15, 0.2) is 11.5 Å². The van der Waals surface area contributed by atoms with Gasteiger partial charge < -0.3 is 13.9 Å². The summed E-state index contributed by atoms with van der Waals surface area (Å²) >= 11 is 1.32. The van der Waals surface area contributed by atoms with Crippen LogP contribution in [-0.4, -0.2) is 29.3 Å². The van der Waals surface area contributed by atoms with Gasteiger partial charge in [0.2, 0.25) is 5.89 Å². The maximum Gasteiger partial charge on any atom is 0.277 e. The van der Waals surface area contributed by atoms with Crippen LogP contribution < -0.4 is 9.47 Å². The fourth-order valence-corrected chi connectivity index (χ4v) is 3.35. The van der Waals surface area contributed by atoms with Crippen molar-refractivity contribution in [2.24, 2.45) is 0 Å². The van der Waals surface area contributed by atoms with E-state index in [1.165, 1.54) is 17.8 Å². The Hall–Kier alpha value is -3.07. The van der Waals surface area contributed by atoms with Gasteiger partial charge >= 0.3 is 0 Å². The number of benzene rings is 2. The summed E-state index contributed by atoms with van der Waals surface area (Å²) in [5, 5.41) is 19.5. The average Bonchev–Trinajstić information content (AvgIpc) is 3.15. The number of ether oxygens (including phenoxy) is 2. The highest BCUT2D eigenvalue weighted by molar-refractivity contribution is 7.98. The smallest absolute Gasteiger partial charge is 0.277 e. The molecule has 27 heavy (non-hydrogen) atoms. The molecule has 0 atom stereocenters. The lowest BCUT2D eigenvalue weighted by atomic mass is 10.1. The van der Waals surface area contributed by atoms with Gasteiger partial charge in [0, 0.05) is 22.9 Å². The fraction of sp³-hybridized carbons (Fsp3) is 0.222. The van der Waals surface area contributed by atoms with E-state index < -0.39 is 0 Å². The van der Waals surface area contributed by atoms with E-state index in [1.807, 2.05) is 6.07 Å². The molecule has 0 unspecified atom stereocenters. The zero-order chi connectivity index (χ0) is 19.4. The second-order valence-corrected chi connectivity index (χ2v) is 6.48. The zero-order valence-corrected chi connectivity index (χ0v) is 15.8. The average molecular weight is 387 g/mol. The van der Waals surface area contributed by atoms with Crippen molar-refractivity contribution in [2.45, 2.75) is 17.9 Å². The third kappa shape index (κ3) is 4.03. The predicted molar refractivity (Wildman–Crippen MR) is 100 cm³/mol. The second-order valence-electron chi connectivity index (χ2n) is 5.55. The maximum atomic E-state index is 11.0. The minimum absolute atomic E-state index is 0.102. The van der Waals surface area contributed by atoms with Crippen molar-refractivity contribution in [3.8, 4) is 23.0 Å². The Balaban J connectivity index is 1.76. The van der Waals surface area contributed by atoms with Crippen molar-refractivity contribution in [3.05, 3.63) is 57.6 Å². The molecule has 1 aromatic heterocycles. The van der Waals surface area contributed by atoms with Crippen LogP contribution in [0.15, 0.2) is 46.0 Å². The molecule has 140 valence electrons. The lowest BCUT2D eigenvalue weighted by molar-refractivity contribution is -0.385. The summed E-state index contributed by atoms with van der Waals surface area (Å²) in [5.41, 5.74) is 2.29. The van der Waals surface area contributed by atoms with Gasteiger partial charge in [0.25, 0.3) is 10.9 Å². The van der Waals surface area contributed by atoms with Crippen molar-refractivity contribution in [2.75, 3.05) is 14.2 Å². The monoisotopic (exact) mass is 387 g/mol. The molecular weight excluding hydrogens is 370 g/mol. The first kappa shape index (κ1) is 18.7. The Morgan fingerprint density at radius 1 is 1.15 bits per heavy atom. The lowest BCUT2D eigenvalue weighted by Crippen LogP contribution is -1.95.